The molecule has 0 radical (unpaired) electrons. The third kappa shape index (κ3) is 4.33. The topological polar surface area (TPSA) is 64.3 Å². The van der Waals surface area contributed by atoms with E-state index < -0.39 is 0 Å². The number of anilines is 1. The van der Waals surface area contributed by atoms with Gasteiger partial charge in [0.05, 0.1) is 0 Å². The van der Waals surface area contributed by atoms with E-state index in [1.165, 1.54) is 0 Å². The predicted molar refractivity (Wildman–Crippen MR) is 84.4 cm³/mol. The van der Waals surface area contributed by atoms with Gasteiger partial charge in [0.2, 0.25) is 0 Å². The molecule has 0 bridgehead atoms. The monoisotopic (exact) mass is 284 g/mol. The van der Waals surface area contributed by atoms with Crippen molar-refractivity contribution in [1.29, 1.82) is 0 Å². The van der Waals surface area contributed by atoms with Crippen molar-refractivity contribution in [3.05, 3.63) is 59.2 Å². The largest absolute Gasteiger partial charge is 0.483 e. The molecule has 3 N–H and O–H groups in total. The van der Waals surface area contributed by atoms with Crippen molar-refractivity contribution in [2.45, 2.75) is 20.4 Å². The highest BCUT2D eigenvalue weighted by Gasteiger charge is 2.07. The van der Waals surface area contributed by atoms with Gasteiger partial charge < -0.3 is 15.8 Å². The number of benzene rings is 2. The van der Waals surface area contributed by atoms with E-state index in [4.69, 9.17) is 10.5 Å². The third-order valence-corrected chi connectivity index (χ3v) is 3.13. The lowest BCUT2D eigenvalue weighted by atomic mass is 10.1. The molecule has 4 heteroatoms. The summed E-state index contributed by atoms with van der Waals surface area (Å²) in [5.74, 6) is 0.463. The van der Waals surface area contributed by atoms with Gasteiger partial charge in [-0.25, -0.2) is 0 Å². The fraction of sp³-hybridized carbons (Fsp3) is 0.235. The number of hydrogen-bond acceptors (Lipinski definition) is 3. The van der Waals surface area contributed by atoms with Crippen molar-refractivity contribution in [2.75, 3.05) is 11.9 Å². The second kappa shape index (κ2) is 6.90. The number of aryl methyl sites for hydroxylation is 2. The SMILES string of the molecule is Cc1ccc(NC(=O)COc2ccc(C)cc2CN)cc1. The molecule has 0 aliphatic rings. The molecule has 0 saturated heterocycles. The van der Waals surface area contributed by atoms with Crippen LogP contribution < -0.4 is 15.8 Å². The first-order valence-electron chi connectivity index (χ1n) is 6.87. The summed E-state index contributed by atoms with van der Waals surface area (Å²) in [5.41, 5.74) is 9.61. The number of nitrogens with one attached hydrogen (secondary N) is 1. The van der Waals surface area contributed by atoms with Crippen LogP contribution in [0.1, 0.15) is 16.7 Å². The minimum atomic E-state index is -0.192. The van der Waals surface area contributed by atoms with E-state index in [0.717, 1.165) is 22.4 Å². The van der Waals surface area contributed by atoms with Crippen molar-refractivity contribution in [2.24, 2.45) is 5.73 Å². The summed E-state index contributed by atoms with van der Waals surface area (Å²) in [6.07, 6.45) is 0. The second-order valence-electron chi connectivity index (χ2n) is 5.02. The zero-order valence-corrected chi connectivity index (χ0v) is 12.3. The Morgan fingerprint density at radius 3 is 2.43 bits per heavy atom. The molecule has 2 aromatic rings. The lowest BCUT2D eigenvalue weighted by Crippen LogP contribution is -2.20. The molecule has 0 aliphatic carbocycles. The van der Waals surface area contributed by atoms with Gasteiger partial charge in [0.25, 0.3) is 5.91 Å². The molecular formula is C17H20N2O2. The van der Waals surface area contributed by atoms with Crippen LogP contribution in [0.2, 0.25) is 0 Å². The van der Waals surface area contributed by atoms with Crippen molar-refractivity contribution < 1.29 is 9.53 Å². The molecule has 0 heterocycles. The summed E-state index contributed by atoms with van der Waals surface area (Å²) < 4.78 is 5.55. The molecule has 0 atom stereocenters. The van der Waals surface area contributed by atoms with E-state index in [1.807, 2.05) is 56.3 Å². The van der Waals surface area contributed by atoms with Crippen LogP contribution in [0.4, 0.5) is 5.69 Å². The molecule has 0 aliphatic heterocycles. The second-order valence-corrected chi connectivity index (χ2v) is 5.02. The quantitative estimate of drug-likeness (QED) is 0.887. The highest BCUT2D eigenvalue weighted by molar-refractivity contribution is 5.91. The van der Waals surface area contributed by atoms with Crippen molar-refractivity contribution in [3.63, 3.8) is 0 Å². The maximum Gasteiger partial charge on any atom is 0.262 e. The molecule has 0 fully saturated rings. The van der Waals surface area contributed by atoms with Gasteiger partial charge in [0.15, 0.2) is 6.61 Å². The van der Waals surface area contributed by atoms with Gasteiger partial charge in [-0.05, 0) is 32.0 Å². The minimum Gasteiger partial charge on any atom is -0.483 e. The van der Waals surface area contributed by atoms with Crippen LogP contribution in [0.3, 0.4) is 0 Å². The number of amides is 1. The van der Waals surface area contributed by atoms with Crippen LogP contribution in [-0.2, 0) is 11.3 Å². The normalized spacial score (nSPS) is 10.2. The van der Waals surface area contributed by atoms with Gasteiger partial charge in [0, 0.05) is 17.8 Å². The van der Waals surface area contributed by atoms with Gasteiger partial charge in [-0.3, -0.25) is 4.79 Å². The fourth-order valence-electron chi connectivity index (χ4n) is 1.99. The first-order chi connectivity index (χ1) is 10.1. The Morgan fingerprint density at radius 2 is 1.76 bits per heavy atom. The van der Waals surface area contributed by atoms with Gasteiger partial charge in [-0.1, -0.05) is 35.4 Å². The Bertz CT molecular complexity index is 621. The molecule has 4 nitrogen and oxygen atoms in total. The predicted octanol–water partition coefficient (Wildman–Crippen LogP) is 2.78. The Morgan fingerprint density at radius 1 is 1.10 bits per heavy atom. The number of hydrogen-bond donors (Lipinski definition) is 2. The minimum absolute atomic E-state index is 0.0378. The molecule has 110 valence electrons. The van der Waals surface area contributed by atoms with Gasteiger partial charge in [0.1, 0.15) is 5.75 Å². The summed E-state index contributed by atoms with van der Waals surface area (Å²) in [5, 5.41) is 2.79. The van der Waals surface area contributed by atoms with Gasteiger partial charge in [-0.2, -0.15) is 0 Å². The van der Waals surface area contributed by atoms with E-state index in [9.17, 15) is 4.79 Å². The van der Waals surface area contributed by atoms with Gasteiger partial charge >= 0.3 is 0 Å². The average Bonchev–Trinajstić information content (AvgIpc) is 2.48. The summed E-state index contributed by atoms with van der Waals surface area (Å²) in [7, 11) is 0. The summed E-state index contributed by atoms with van der Waals surface area (Å²) in [6, 6.07) is 13.4. The van der Waals surface area contributed by atoms with Crippen molar-refractivity contribution >= 4 is 11.6 Å². The zero-order valence-electron chi connectivity index (χ0n) is 12.3. The van der Waals surface area contributed by atoms with E-state index >= 15 is 0 Å². The zero-order chi connectivity index (χ0) is 15.2. The Hall–Kier alpha value is -2.33. The first-order valence-corrected chi connectivity index (χ1v) is 6.87. The van der Waals surface area contributed by atoms with E-state index in [1.54, 1.807) is 0 Å². The number of nitrogens with two attached hydrogens (primary N) is 1. The number of carbonyl (C=O) groups excluding carboxylic acids is 1. The van der Waals surface area contributed by atoms with Crippen molar-refractivity contribution in [1.82, 2.24) is 0 Å². The van der Waals surface area contributed by atoms with Crippen LogP contribution in [0, 0.1) is 13.8 Å². The van der Waals surface area contributed by atoms with E-state index in [2.05, 4.69) is 5.32 Å². The number of ether oxygens (including phenoxy) is 1. The van der Waals surface area contributed by atoms with Crippen LogP contribution in [0.15, 0.2) is 42.5 Å². The van der Waals surface area contributed by atoms with E-state index in [-0.39, 0.29) is 12.5 Å². The highest BCUT2D eigenvalue weighted by atomic mass is 16.5. The van der Waals surface area contributed by atoms with Crippen LogP contribution in [-0.4, -0.2) is 12.5 Å². The first kappa shape index (κ1) is 15.1. The number of rotatable bonds is 5. The molecule has 21 heavy (non-hydrogen) atoms. The maximum atomic E-state index is 11.9. The van der Waals surface area contributed by atoms with E-state index in [0.29, 0.717) is 12.3 Å². The smallest absolute Gasteiger partial charge is 0.262 e. The van der Waals surface area contributed by atoms with Crippen molar-refractivity contribution in [3.8, 4) is 5.75 Å². The highest BCUT2D eigenvalue weighted by Crippen LogP contribution is 2.19. The fourth-order valence-corrected chi connectivity index (χ4v) is 1.99. The third-order valence-electron chi connectivity index (χ3n) is 3.13. The van der Waals surface area contributed by atoms with Crippen LogP contribution >= 0.6 is 0 Å². The lowest BCUT2D eigenvalue weighted by molar-refractivity contribution is -0.118. The van der Waals surface area contributed by atoms with Crippen LogP contribution in [0.25, 0.3) is 0 Å². The Kier molecular flexibility index (Phi) is 4.95. The average molecular weight is 284 g/mol. The molecule has 2 rings (SSSR count). The summed E-state index contributed by atoms with van der Waals surface area (Å²) in [4.78, 5) is 11.9. The molecular weight excluding hydrogens is 264 g/mol. The maximum absolute atomic E-state index is 11.9. The summed E-state index contributed by atoms with van der Waals surface area (Å²) in [6.45, 7) is 4.34. The van der Waals surface area contributed by atoms with Gasteiger partial charge in [-0.15, -0.1) is 0 Å². The Labute approximate surface area is 124 Å². The molecule has 0 unspecified atom stereocenters. The molecule has 1 amide bonds. The number of carbonyl (C=O) groups is 1. The molecule has 0 saturated carbocycles. The molecule has 2 aromatic carbocycles. The lowest BCUT2D eigenvalue weighted by Gasteiger charge is -2.11. The Balaban J connectivity index is 1.93. The molecule has 0 spiro atoms. The van der Waals surface area contributed by atoms with Crippen LogP contribution in [0.5, 0.6) is 5.75 Å². The molecule has 0 aromatic heterocycles. The summed E-state index contributed by atoms with van der Waals surface area (Å²) >= 11 is 0. The standard InChI is InChI=1S/C17H20N2O2/c1-12-3-6-15(7-4-12)19-17(20)11-21-16-8-5-13(2)9-14(16)10-18/h3-9H,10-11,18H2,1-2H3,(H,19,20).